The molecule has 1 aromatic heterocycles. The lowest BCUT2D eigenvalue weighted by atomic mass is 9.79. The Hall–Kier alpha value is -0.940. The molecule has 5 nitrogen and oxygen atoms in total. The number of nitrogens with two attached hydrogens (primary N) is 1. The summed E-state index contributed by atoms with van der Waals surface area (Å²) in [5.41, 5.74) is 5.74. The van der Waals surface area contributed by atoms with Crippen molar-refractivity contribution in [3.05, 3.63) is 11.7 Å². The van der Waals surface area contributed by atoms with E-state index in [0.717, 1.165) is 25.7 Å². The van der Waals surface area contributed by atoms with Crippen LogP contribution < -0.4 is 5.73 Å². The van der Waals surface area contributed by atoms with Gasteiger partial charge in [-0.05, 0) is 31.6 Å². The maximum atomic E-state index is 6.04. The van der Waals surface area contributed by atoms with E-state index in [-0.39, 0.29) is 11.6 Å². The molecule has 2 N–H and O–H groups in total. The van der Waals surface area contributed by atoms with Crippen molar-refractivity contribution in [2.24, 2.45) is 11.7 Å². The van der Waals surface area contributed by atoms with E-state index < -0.39 is 0 Å². The number of ether oxygens (including phenoxy) is 1. The van der Waals surface area contributed by atoms with Crippen LogP contribution in [0.4, 0.5) is 0 Å². The Morgan fingerprint density at radius 1 is 1.44 bits per heavy atom. The quantitative estimate of drug-likeness (QED) is 0.839. The zero-order valence-electron chi connectivity index (χ0n) is 11.5. The Balaban J connectivity index is 1.98. The fraction of sp³-hybridized carbons (Fsp3) is 0.846. The summed E-state index contributed by atoms with van der Waals surface area (Å²) >= 11 is 0. The Bertz CT molecular complexity index is 380. The van der Waals surface area contributed by atoms with Crippen LogP contribution in [0.1, 0.15) is 51.2 Å². The second kappa shape index (κ2) is 5.36. The van der Waals surface area contributed by atoms with Crippen LogP contribution in [0, 0.1) is 5.92 Å². The summed E-state index contributed by atoms with van der Waals surface area (Å²) in [6, 6.07) is 0.0817. The molecular formula is C13H23N3O2. The van der Waals surface area contributed by atoms with Gasteiger partial charge in [-0.3, -0.25) is 0 Å². The van der Waals surface area contributed by atoms with E-state index >= 15 is 0 Å². The van der Waals surface area contributed by atoms with Crippen LogP contribution in [0.25, 0.3) is 0 Å². The van der Waals surface area contributed by atoms with E-state index in [1.165, 1.54) is 0 Å². The van der Waals surface area contributed by atoms with Crippen LogP contribution in [0.3, 0.4) is 0 Å². The molecule has 0 saturated heterocycles. The summed E-state index contributed by atoms with van der Waals surface area (Å²) in [4.78, 5) is 4.44. The molecule has 0 aromatic carbocycles. The van der Waals surface area contributed by atoms with E-state index in [2.05, 4.69) is 24.0 Å². The van der Waals surface area contributed by atoms with Crippen molar-refractivity contribution in [2.45, 2.75) is 57.6 Å². The molecule has 0 amide bonds. The van der Waals surface area contributed by atoms with E-state index in [4.69, 9.17) is 15.0 Å². The maximum absolute atomic E-state index is 6.04. The molecule has 1 atom stereocenters. The summed E-state index contributed by atoms with van der Waals surface area (Å²) < 4.78 is 10.8. The molecule has 1 aliphatic rings. The predicted molar refractivity (Wildman–Crippen MR) is 68.0 cm³/mol. The minimum atomic E-state index is -0.302. The van der Waals surface area contributed by atoms with Crippen molar-refractivity contribution in [3.63, 3.8) is 0 Å². The smallest absolute Gasteiger partial charge is 0.228 e. The van der Waals surface area contributed by atoms with Crippen LogP contribution in [0.2, 0.25) is 0 Å². The maximum Gasteiger partial charge on any atom is 0.228 e. The van der Waals surface area contributed by atoms with Gasteiger partial charge in [0.15, 0.2) is 0 Å². The number of nitrogens with zero attached hydrogens (tertiary/aromatic N) is 2. The molecule has 0 aliphatic heterocycles. The number of hydrogen-bond donors (Lipinski definition) is 1. The van der Waals surface area contributed by atoms with Crippen molar-refractivity contribution >= 4 is 0 Å². The fourth-order valence-corrected chi connectivity index (χ4v) is 2.45. The van der Waals surface area contributed by atoms with Crippen molar-refractivity contribution < 1.29 is 9.26 Å². The topological polar surface area (TPSA) is 74.2 Å². The minimum absolute atomic E-state index is 0.0817. The van der Waals surface area contributed by atoms with Gasteiger partial charge < -0.3 is 15.0 Å². The van der Waals surface area contributed by atoms with Gasteiger partial charge in [0.2, 0.25) is 11.7 Å². The Morgan fingerprint density at radius 2 is 2.17 bits per heavy atom. The monoisotopic (exact) mass is 253 g/mol. The molecule has 1 saturated carbocycles. The largest absolute Gasteiger partial charge is 0.370 e. The molecule has 5 heteroatoms. The zero-order valence-corrected chi connectivity index (χ0v) is 11.5. The third-order valence-corrected chi connectivity index (χ3v) is 3.64. The Morgan fingerprint density at radius 3 is 2.67 bits per heavy atom. The standard InChI is InChI=1S/C13H23N3O2/c1-9(2)7-10(14)8-11-15-12(16-18-11)13(17-3)5-4-6-13/h9-10H,4-8,14H2,1-3H3. The van der Waals surface area contributed by atoms with Crippen molar-refractivity contribution in [3.8, 4) is 0 Å². The van der Waals surface area contributed by atoms with Gasteiger partial charge in [0.1, 0.15) is 5.60 Å². The molecule has 0 radical (unpaired) electrons. The minimum Gasteiger partial charge on any atom is -0.370 e. The van der Waals surface area contributed by atoms with Gasteiger partial charge in [-0.2, -0.15) is 4.98 Å². The van der Waals surface area contributed by atoms with E-state index in [1.54, 1.807) is 7.11 Å². The molecule has 1 fully saturated rings. The molecule has 1 heterocycles. The van der Waals surface area contributed by atoms with E-state index in [1.807, 2.05) is 0 Å². The van der Waals surface area contributed by atoms with Crippen LogP contribution in [-0.4, -0.2) is 23.3 Å². The van der Waals surface area contributed by atoms with Gasteiger partial charge in [0, 0.05) is 19.6 Å². The van der Waals surface area contributed by atoms with Gasteiger partial charge in [0.25, 0.3) is 0 Å². The first-order valence-corrected chi connectivity index (χ1v) is 6.69. The summed E-state index contributed by atoms with van der Waals surface area (Å²) in [5, 5.41) is 4.05. The number of methoxy groups -OCH3 is 1. The second-order valence-corrected chi connectivity index (χ2v) is 5.66. The molecular weight excluding hydrogens is 230 g/mol. The molecule has 1 aliphatic carbocycles. The van der Waals surface area contributed by atoms with Gasteiger partial charge in [-0.1, -0.05) is 19.0 Å². The third kappa shape index (κ3) is 2.72. The molecule has 1 unspecified atom stereocenters. The highest BCUT2D eigenvalue weighted by Gasteiger charge is 2.43. The first-order chi connectivity index (χ1) is 8.55. The lowest BCUT2D eigenvalue weighted by molar-refractivity contribution is -0.0858. The molecule has 0 bridgehead atoms. The third-order valence-electron chi connectivity index (χ3n) is 3.64. The lowest BCUT2D eigenvalue weighted by Gasteiger charge is -2.37. The highest BCUT2D eigenvalue weighted by Crippen LogP contribution is 2.42. The van der Waals surface area contributed by atoms with Crippen LogP contribution in [-0.2, 0) is 16.8 Å². The SMILES string of the molecule is COC1(c2noc(CC(N)CC(C)C)n2)CCC1. The van der Waals surface area contributed by atoms with Crippen LogP contribution in [0.5, 0.6) is 0 Å². The Kier molecular flexibility index (Phi) is 4.02. The van der Waals surface area contributed by atoms with Gasteiger partial charge >= 0.3 is 0 Å². The van der Waals surface area contributed by atoms with Crippen molar-refractivity contribution in [1.29, 1.82) is 0 Å². The summed E-state index contributed by atoms with van der Waals surface area (Å²) in [6.45, 7) is 4.32. The number of aromatic nitrogens is 2. The normalized spacial score (nSPS) is 19.8. The van der Waals surface area contributed by atoms with E-state index in [9.17, 15) is 0 Å². The molecule has 18 heavy (non-hydrogen) atoms. The van der Waals surface area contributed by atoms with Gasteiger partial charge in [0.05, 0.1) is 0 Å². The number of rotatable bonds is 6. The summed E-state index contributed by atoms with van der Waals surface area (Å²) in [7, 11) is 1.71. The zero-order chi connectivity index (χ0) is 13.2. The molecule has 0 spiro atoms. The highest BCUT2D eigenvalue weighted by atomic mass is 16.5. The summed E-state index contributed by atoms with van der Waals surface area (Å²) in [6.07, 6.45) is 4.71. The average Bonchev–Trinajstić information content (AvgIpc) is 2.64. The highest BCUT2D eigenvalue weighted by molar-refractivity contribution is 5.06. The van der Waals surface area contributed by atoms with Crippen molar-refractivity contribution in [1.82, 2.24) is 10.1 Å². The van der Waals surface area contributed by atoms with Gasteiger partial charge in [-0.25, -0.2) is 0 Å². The van der Waals surface area contributed by atoms with Crippen LogP contribution >= 0.6 is 0 Å². The molecule has 2 rings (SSSR count). The first-order valence-electron chi connectivity index (χ1n) is 6.69. The van der Waals surface area contributed by atoms with E-state index in [0.29, 0.717) is 24.1 Å². The molecule has 1 aromatic rings. The van der Waals surface area contributed by atoms with Crippen LogP contribution in [0.15, 0.2) is 4.52 Å². The van der Waals surface area contributed by atoms with Gasteiger partial charge in [-0.15, -0.1) is 0 Å². The Labute approximate surface area is 108 Å². The number of hydrogen-bond acceptors (Lipinski definition) is 5. The second-order valence-electron chi connectivity index (χ2n) is 5.66. The average molecular weight is 253 g/mol. The molecule has 102 valence electrons. The van der Waals surface area contributed by atoms with Crippen molar-refractivity contribution in [2.75, 3.05) is 7.11 Å². The lowest BCUT2D eigenvalue weighted by Crippen LogP contribution is -2.37. The summed E-state index contributed by atoms with van der Waals surface area (Å²) in [5.74, 6) is 1.89. The first kappa shape index (κ1) is 13.5. The predicted octanol–water partition coefficient (Wildman–Crippen LogP) is 2.01. The fourth-order valence-electron chi connectivity index (χ4n) is 2.45.